The number of ether oxygens (including phenoxy) is 2. The molecule has 6 nitrogen and oxygen atoms in total. The first-order valence-corrected chi connectivity index (χ1v) is 12.1. The summed E-state index contributed by atoms with van der Waals surface area (Å²) in [6.07, 6.45) is 3.52. The van der Waals surface area contributed by atoms with Crippen LogP contribution in [0.3, 0.4) is 0 Å². The molecule has 0 N–H and O–H groups in total. The van der Waals surface area contributed by atoms with Gasteiger partial charge in [0.25, 0.3) is 0 Å². The van der Waals surface area contributed by atoms with Gasteiger partial charge in [-0.1, -0.05) is 42.5 Å². The highest BCUT2D eigenvalue weighted by Gasteiger charge is 2.30. The Labute approximate surface area is 219 Å². The van der Waals surface area contributed by atoms with E-state index >= 15 is 0 Å². The Morgan fingerprint density at radius 2 is 1.11 bits per heavy atom. The standard InChI is InChI=1S/C32H22N2O4/c1-37-29-17-25(20-11-13-28(34-18-20)27-9-5-6-14-33-27)30(38-2)16-24(29)19-10-12-23-26(15-19)32(36)22-8-4-3-7-21(22)31(23)35/h3-18H,1-2H3. The summed E-state index contributed by atoms with van der Waals surface area (Å²) >= 11 is 0. The van der Waals surface area contributed by atoms with Crippen molar-refractivity contribution < 1.29 is 19.1 Å². The molecule has 38 heavy (non-hydrogen) atoms. The summed E-state index contributed by atoms with van der Waals surface area (Å²) in [4.78, 5) is 35.2. The maximum absolute atomic E-state index is 13.3. The van der Waals surface area contributed by atoms with Crippen molar-refractivity contribution in [2.24, 2.45) is 0 Å². The van der Waals surface area contributed by atoms with Crippen molar-refractivity contribution in [2.45, 2.75) is 0 Å². The van der Waals surface area contributed by atoms with E-state index in [9.17, 15) is 9.59 Å². The number of benzene rings is 3. The summed E-state index contributed by atoms with van der Waals surface area (Å²) in [5, 5.41) is 0. The lowest BCUT2D eigenvalue weighted by atomic mass is 9.82. The lowest BCUT2D eigenvalue weighted by Gasteiger charge is -2.19. The van der Waals surface area contributed by atoms with Gasteiger partial charge < -0.3 is 9.47 Å². The molecule has 0 bridgehead atoms. The Morgan fingerprint density at radius 1 is 0.526 bits per heavy atom. The van der Waals surface area contributed by atoms with E-state index in [0.29, 0.717) is 33.8 Å². The number of rotatable bonds is 5. The van der Waals surface area contributed by atoms with Crippen molar-refractivity contribution in [3.8, 4) is 45.1 Å². The SMILES string of the molecule is COc1cc(-c2ccc3c(c2)C(=O)c2ccccc2C3=O)c(OC)cc1-c1ccc(-c2ccccn2)nc1. The number of fused-ring (bicyclic) bond motifs is 2. The normalized spacial score (nSPS) is 12.1. The van der Waals surface area contributed by atoms with Crippen molar-refractivity contribution in [1.29, 1.82) is 0 Å². The van der Waals surface area contributed by atoms with Gasteiger partial charge in [-0.15, -0.1) is 0 Å². The highest BCUT2D eigenvalue weighted by Crippen LogP contribution is 2.42. The molecule has 6 heteroatoms. The van der Waals surface area contributed by atoms with Gasteiger partial charge in [0.15, 0.2) is 11.6 Å². The molecule has 3 aromatic carbocycles. The van der Waals surface area contributed by atoms with Crippen LogP contribution in [0.15, 0.2) is 97.3 Å². The van der Waals surface area contributed by atoms with Gasteiger partial charge in [-0.3, -0.25) is 19.6 Å². The molecule has 0 saturated carbocycles. The lowest BCUT2D eigenvalue weighted by molar-refractivity contribution is 0.0979. The Kier molecular flexibility index (Phi) is 5.77. The third-order valence-electron chi connectivity index (χ3n) is 6.76. The first-order chi connectivity index (χ1) is 18.6. The molecule has 2 aromatic heterocycles. The smallest absolute Gasteiger partial charge is 0.194 e. The van der Waals surface area contributed by atoms with E-state index in [2.05, 4.69) is 9.97 Å². The molecule has 2 heterocycles. The van der Waals surface area contributed by atoms with Crippen molar-refractivity contribution in [3.05, 3.63) is 120 Å². The largest absolute Gasteiger partial charge is 0.496 e. The van der Waals surface area contributed by atoms with Gasteiger partial charge in [-0.25, -0.2) is 0 Å². The summed E-state index contributed by atoms with van der Waals surface area (Å²) in [5.74, 6) is 0.908. The first kappa shape index (κ1) is 23.3. The van der Waals surface area contributed by atoms with Crippen LogP contribution in [0.2, 0.25) is 0 Å². The van der Waals surface area contributed by atoms with Crippen LogP contribution in [0, 0.1) is 0 Å². The number of carbonyl (C=O) groups is 2. The van der Waals surface area contributed by atoms with E-state index in [1.165, 1.54) is 0 Å². The van der Waals surface area contributed by atoms with Gasteiger partial charge in [-0.05, 0) is 48.0 Å². The van der Waals surface area contributed by atoms with E-state index in [4.69, 9.17) is 9.47 Å². The summed E-state index contributed by atoms with van der Waals surface area (Å²) < 4.78 is 11.5. The highest BCUT2D eigenvalue weighted by atomic mass is 16.5. The topological polar surface area (TPSA) is 78.4 Å². The zero-order valence-electron chi connectivity index (χ0n) is 20.8. The van der Waals surface area contributed by atoms with Gasteiger partial charge in [0.2, 0.25) is 0 Å². The zero-order chi connectivity index (χ0) is 26.2. The number of aromatic nitrogens is 2. The number of ketones is 2. The molecule has 184 valence electrons. The van der Waals surface area contributed by atoms with Gasteiger partial charge >= 0.3 is 0 Å². The molecule has 1 aliphatic rings. The molecule has 0 radical (unpaired) electrons. The Bertz CT molecular complexity index is 1710. The molecule has 0 amide bonds. The fraction of sp³-hybridized carbons (Fsp3) is 0.0625. The van der Waals surface area contributed by atoms with Crippen LogP contribution in [0.5, 0.6) is 11.5 Å². The maximum atomic E-state index is 13.3. The zero-order valence-corrected chi connectivity index (χ0v) is 20.8. The summed E-state index contributed by atoms with van der Waals surface area (Å²) in [6.45, 7) is 0. The first-order valence-electron chi connectivity index (χ1n) is 12.1. The monoisotopic (exact) mass is 498 g/mol. The predicted molar refractivity (Wildman–Crippen MR) is 145 cm³/mol. The fourth-order valence-corrected chi connectivity index (χ4v) is 4.83. The van der Waals surface area contributed by atoms with Crippen LogP contribution >= 0.6 is 0 Å². The van der Waals surface area contributed by atoms with E-state index < -0.39 is 0 Å². The second-order valence-electron chi connectivity index (χ2n) is 8.86. The number of hydrogen-bond acceptors (Lipinski definition) is 6. The molecule has 0 unspecified atom stereocenters. The van der Waals surface area contributed by atoms with Gasteiger partial charge in [0.1, 0.15) is 11.5 Å². The third kappa shape index (κ3) is 3.83. The van der Waals surface area contributed by atoms with Crippen molar-refractivity contribution in [3.63, 3.8) is 0 Å². The summed E-state index contributed by atoms with van der Waals surface area (Å²) in [5.41, 5.74) is 6.36. The average molecular weight is 499 g/mol. The van der Waals surface area contributed by atoms with Crippen LogP contribution in [0.25, 0.3) is 33.6 Å². The van der Waals surface area contributed by atoms with Crippen LogP contribution in [0.1, 0.15) is 31.8 Å². The second-order valence-corrected chi connectivity index (χ2v) is 8.86. The highest BCUT2D eigenvalue weighted by molar-refractivity contribution is 6.28. The Morgan fingerprint density at radius 3 is 1.71 bits per heavy atom. The van der Waals surface area contributed by atoms with E-state index in [-0.39, 0.29) is 11.6 Å². The number of pyridine rings is 2. The molecule has 0 spiro atoms. The second kappa shape index (κ2) is 9.41. The molecule has 5 aromatic rings. The van der Waals surface area contributed by atoms with E-state index in [0.717, 1.165) is 33.6 Å². The molecule has 0 atom stereocenters. The van der Waals surface area contributed by atoms with Gasteiger partial charge in [-0.2, -0.15) is 0 Å². The van der Waals surface area contributed by atoms with Crippen LogP contribution in [-0.2, 0) is 0 Å². The number of hydrogen-bond donors (Lipinski definition) is 0. The van der Waals surface area contributed by atoms with E-state index in [1.807, 2.05) is 48.5 Å². The third-order valence-corrected chi connectivity index (χ3v) is 6.76. The minimum Gasteiger partial charge on any atom is -0.496 e. The quantitative estimate of drug-likeness (QED) is 0.279. The summed E-state index contributed by atoms with van der Waals surface area (Å²) in [7, 11) is 3.21. The van der Waals surface area contributed by atoms with Crippen LogP contribution in [-0.4, -0.2) is 35.8 Å². The van der Waals surface area contributed by atoms with Gasteiger partial charge in [0, 0.05) is 51.3 Å². The molecular formula is C32H22N2O4. The minimum atomic E-state index is -0.168. The number of methoxy groups -OCH3 is 2. The molecular weight excluding hydrogens is 476 g/mol. The van der Waals surface area contributed by atoms with Crippen molar-refractivity contribution in [1.82, 2.24) is 9.97 Å². The lowest BCUT2D eigenvalue weighted by Crippen LogP contribution is -2.20. The van der Waals surface area contributed by atoms with Crippen molar-refractivity contribution >= 4 is 11.6 Å². The summed E-state index contributed by atoms with van der Waals surface area (Å²) in [6, 6.07) is 25.6. The fourth-order valence-electron chi connectivity index (χ4n) is 4.83. The number of carbonyl (C=O) groups excluding carboxylic acids is 2. The minimum absolute atomic E-state index is 0.150. The molecule has 6 rings (SSSR count). The van der Waals surface area contributed by atoms with E-state index in [1.54, 1.807) is 63.0 Å². The van der Waals surface area contributed by atoms with Crippen molar-refractivity contribution in [2.75, 3.05) is 14.2 Å². The molecule has 0 fully saturated rings. The van der Waals surface area contributed by atoms with Gasteiger partial charge in [0.05, 0.1) is 25.6 Å². The molecule has 0 saturated heterocycles. The average Bonchev–Trinajstić information content (AvgIpc) is 2.99. The maximum Gasteiger partial charge on any atom is 0.194 e. The Balaban J connectivity index is 1.42. The number of nitrogens with zero attached hydrogens (tertiary/aromatic N) is 2. The molecule has 1 aliphatic carbocycles. The van der Waals surface area contributed by atoms with Crippen LogP contribution < -0.4 is 9.47 Å². The Hall–Kier alpha value is -5.10. The molecule has 0 aliphatic heterocycles. The van der Waals surface area contributed by atoms with Crippen LogP contribution in [0.4, 0.5) is 0 Å². The predicted octanol–water partition coefficient (Wildman–Crippen LogP) is 6.27.